The SMILES string of the molecule is CC(C)C[C@H](NC(=O)[C@H](C)NC(=O)[C@H](CC(=O)O)NC(=O)[C@H](CC(N)=O)NC(=O)CCCNS(=O)(=O)c1ccc(Oc2ccccc2)cc1)C(=O)N(C)[C@@H](CC(C)C)C(=O)N1CCC[C@H]1C(N)=O. The molecule has 1 saturated heterocycles. The number of rotatable bonds is 27. The maximum Gasteiger partial charge on any atom is 0.305 e. The van der Waals surface area contributed by atoms with Gasteiger partial charge in [-0.25, -0.2) is 13.1 Å². The number of likely N-dealkylation sites (tertiary alicyclic amines) is 1. The Morgan fingerprint density at radius 2 is 1.34 bits per heavy atom. The maximum atomic E-state index is 14.1. The molecular weight excluding hydrogens is 907 g/mol. The van der Waals surface area contributed by atoms with Gasteiger partial charge < -0.3 is 52.4 Å². The normalized spacial score (nSPS) is 15.8. The predicted octanol–water partition coefficient (Wildman–Crippen LogP) is 0.242. The lowest BCUT2D eigenvalue weighted by Crippen LogP contribution is -2.59. The largest absolute Gasteiger partial charge is 0.481 e. The second kappa shape index (κ2) is 26.1. The summed E-state index contributed by atoms with van der Waals surface area (Å²) in [7, 11) is -2.57. The molecule has 10 N–H and O–H groups in total. The molecule has 0 aliphatic carbocycles. The molecule has 68 heavy (non-hydrogen) atoms. The van der Waals surface area contributed by atoms with E-state index in [-0.39, 0.29) is 55.5 Å². The number of carboxylic acids is 1. The van der Waals surface area contributed by atoms with Gasteiger partial charge in [0.05, 0.1) is 17.7 Å². The number of carboxylic acid groups (broad SMARTS) is 1. The first-order valence-corrected chi connectivity index (χ1v) is 23.8. The fourth-order valence-corrected chi connectivity index (χ4v) is 8.41. The van der Waals surface area contributed by atoms with Crippen molar-refractivity contribution in [2.75, 3.05) is 20.1 Å². The summed E-state index contributed by atoms with van der Waals surface area (Å²) in [6.07, 6.45) is -0.833. The van der Waals surface area contributed by atoms with Gasteiger partial charge in [-0.3, -0.25) is 43.2 Å². The van der Waals surface area contributed by atoms with E-state index in [9.17, 15) is 56.7 Å². The molecule has 0 spiro atoms. The topological polar surface area (TPSA) is 336 Å². The van der Waals surface area contributed by atoms with Gasteiger partial charge in [0.2, 0.25) is 57.3 Å². The van der Waals surface area contributed by atoms with Gasteiger partial charge >= 0.3 is 5.97 Å². The van der Waals surface area contributed by atoms with Gasteiger partial charge in [0.25, 0.3) is 0 Å². The summed E-state index contributed by atoms with van der Waals surface area (Å²) < 4.78 is 33.8. The van der Waals surface area contributed by atoms with Crippen LogP contribution < -0.4 is 42.2 Å². The second-order valence-electron chi connectivity index (χ2n) is 17.4. The van der Waals surface area contributed by atoms with Crippen molar-refractivity contribution < 1.29 is 61.4 Å². The average molecular weight is 972 g/mol. The van der Waals surface area contributed by atoms with Crippen LogP contribution in [0.2, 0.25) is 0 Å². The highest BCUT2D eigenvalue weighted by Crippen LogP contribution is 2.24. The Balaban J connectivity index is 1.63. The lowest BCUT2D eigenvalue weighted by atomic mass is 9.98. The van der Waals surface area contributed by atoms with Gasteiger partial charge in [-0.1, -0.05) is 45.9 Å². The first-order valence-electron chi connectivity index (χ1n) is 22.3. The molecule has 6 atom stereocenters. The third-order valence-corrected chi connectivity index (χ3v) is 12.3. The molecule has 23 heteroatoms. The zero-order chi connectivity index (χ0) is 50.9. The van der Waals surface area contributed by atoms with Gasteiger partial charge in [0, 0.05) is 26.6 Å². The molecule has 1 heterocycles. The van der Waals surface area contributed by atoms with Crippen molar-refractivity contribution in [3.05, 3.63) is 54.6 Å². The predicted molar refractivity (Wildman–Crippen MR) is 246 cm³/mol. The number of benzene rings is 2. The Kier molecular flexibility index (Phi) is 21.4. The molecule has 1 fully saturated rings. The number of nitrogens with two attached hydrogens (primary N) is 2. The van der Waals surface area contributed by atoms with E-state index in [0.29, 0.717) is 24.3 Å². The van der Waals surface area contributed by atoms with Gasteiger partial charge in [0.1, 0.15) is 47.8 Å². The van der Waals surface area contributed by atoms with Crippen LogP contribution in [0.4, 0.5) is 0 Å². The standard InChI is InChI=1S/C45H65N9O13S/c1-26(2)22-34(44(63)53(6)36(23-27(3)4)45(64)54-21-11-14-35(54)40(47)59)52-41(60)28(5)49-42(61)33(25-39(57)58)51-43(62)32(24-37(46)55)50-38(56)15-10-20-48-68(65,66)31-18-16-30(17-19-31)67-29-12-8-7-9-13-29/h7-9,12-13,16-19,26-28,32-36,48H,10-11,14-15,20-25H2,1-6H3,(H2,46,55)(H2,47,59)(H,49,61)(H,50,56)(H,51,62)(H,52,60)(H,57,58)/t28-,32-,33-,34-,35-,36-/m0/s1. The molecule has 3 rings (SSSR count). The van der Waals surface area contributed by atoms with Crippen molar-refractivity contribution >= 4 is 63.3 Å². The van der Waals surface area contributed by atoms with Crippen LogP contribution in [-0.2, 0) is 53.2 Å². The van der Waals surface area contributed by atoms with Crippen LogP contribution in [0.25, 0.3) is 0 Å². The maximum absolute atomic E-state index is 14.1. The number of hydrogen-bond donors (Lipinski definition) is 8. The average Bonchev–Trinajstić information content (AvgIpc) is 3.76. The summed E-state index contributed by atoms with van der Waals surface area (Å²) in [5, 5.41) is 19.0. The van der Waals surface area contributed by atoms with E-state index in [4.69, 9.17) is 16.2 Å². The molecule has 8 amide bonds. The van der Waals surface area contributed by atoms with E-state index < -0.39 is 112 Å². The fraction of sp³-hybridized carbons (Fsp3) is 0.533. The summed E-state index contributed by atoms with van der Waals surface area (Å²) in [6.45, 7) is 8.68. The van der Waals surface area contributed by atoms with Crippen molar-refractivity contribution in [1.29, 1.82) is 0 Å². The van der Waals surface area contributed by atoms with Gasteiger partial charge in [-0.2, -0.15) is 0 Å². The van der Waals surface area contributed by atoms with Crippen LogP contribution in [0.1, 0.15) is 86.0 Å². The van der Waals surface area contributed by atoms with E-state index in [2.05, 4.69) is 26.0 Å². The van der Waals surface area contributed by atoms with Gasteiger partial charge in [0.15, 0.2) is 0 Å². The lowest BCUT2D eigenvalue weighted by Gasteiger charge is -2.36. The molecule has 0 unspecified atom stereocenters. The zero-order valence-electron chi connectivity index (χ0n) is 39.2. The Bertz CT molecular complexity index is 2230. The summed E-state index contributed by atoms with van der Waals surface area (Å²) in [6, 6.07) is 6.57. The van der Waals surface area contributed by atoms with E-state index in [1.165, 1.54) is 48.0 Å². The minimum absolute atomic E-state index is 0.0531. The number of nitrogens with one attached hydrogen (secondary N) is 5. The molecule has 0 aromatic heterocycles. The number of para-hydroxylation sites is 1. The Morgan fingerprint density at radius 1 is 0.765 bits per heavy atom. The fourth-order valence-electron chi connectivity index (χ4n) is 7.34. The molecular formula is C45H65N9O13S. The van der Waals surface area contributed by atoms with E-state index >= 15 is 0 Å². The van der Waals surface area contributed by atoms with Gasteiger partial charge in [-0.05, 0) is 87.3 Å². The minimum Gasteiger partial charge on any atom is -0.481 e. The van der Waals surface area contributed by atoms with Crippen LogP contribution in [0, 0.1) is 11.8 Å². The summed E-state index contributed by atoms with van der Waals surface area (Å²) >= 11 is 0. The summed E-state index contributed by atoms with van der Waals surface area (Å²) in [4.78, 5) is 120. The van der Waals surface area contributed by atoms with Gasteiger partial charge in [-0.15, -0.1) is 0 Å². The number of hydrogen-bond acceptors (Lipinski definition) is 12. The highest BCUT2D eigenvalue weighted by atomic mass is 32.2. The highest BCUT2D eigenvalue weighted by Gasteiger charge is 2.41. The smallest absolute Gasteiger partial charge is 0.305 e. The first-order chi connectivity index (χ1) is 31.9. The van der Waals surface area contributed by atoms with Crippen LogP contribution in [0.5, 0.6) is 11.5 Å². The Morgan fingerprint density at radius 3 is 1.91 bits per heavy atom. The second-order valence-corrected chi connectivity index (χ2v) is 19.2. The summed E-state index contributed by atoms with van der Waals surface area (Å²) in [5.74, 6) is -7.50. The Hall–Kier alpha value is -6.62. The minimum atomic E-state index is -4.00. The molecule has 0 bridgehead atoms. The molecule has 0 saturated carbocycles. The highest BCUT2D eigenvalue weighted by molar-refractivity contribution is 7.89. The number of ether oxygens (including phenoxy) is 1. The monoisotopic (exact) mass is 971 g/mol. The van der Waals surface area contributed by atoms with Crippen LogP contribution in [-0.4, -0.2) is 133 Å². The first kappa shape index (κ1) is 55.7. The number of sulfonamides is 1. The molecule has 2 aromatic rings. The van der Waals surface area contributed by atoms with Crippen molar-refractivity contribution in [3.63, 3.8) is 0 Å². The summed E-state index contributed by atoms with van der Waals surface area (Å²) in [5.41, 5.74) is 10.9. The number of primary amides is 2. The number of likely N-dealkylation sites (N-methyl/N-ethyl adjacent to an activating group) is 1. The van der Waals surface area contributed by atoms with Crippen LogP contribution >= 0.6 is 0 Å². The van der Waals surface area contributed by atoms with E-state index in [1.807, 2.05) is 19.9 Å². The van der Waals surface area contributed by atoms with E-state index in [0.717, 1.165) is 0 Å². The molecule has 374 valence electrons. The molecule has 22 nitrogen and oxygen atoms in total. The zero-order valence-corrected chi connectivity index (χ0v) is 40.0. The Labute approximate surface area is 396 Å². The molecule has 2 aromatic carbocycles. The van der Waals surface area contributed by atoms with E-state index in [1.54, 1.807) is 38.1 Å². The number of carbonyl (C=O) groups excluding carboxylic acids is 8. The lowest BCUT2D eigenvalue weighted by molar-refractivity contribution is -0.149. The van der Waals surface area contributed by atoms with Crippen molar-refractivity contribution in [2.24, 2.45) is 23.3 Å². The van der Waals surface area contributed by atoms with Crippen molar-refractivity contribution in [3.8, 4) is 11.5 Å². The van der Waals surface area contributed by atoms with Crippen LogP contribution in [0.15, 0.2) is 59.5 Å². The molecule has 1 aliphatic heterocycles. The molecule has 0 radical (unpaired) electrons. The number of amides is 8. The number of aliphatic carboxylic acids is 1. The quantitative estimate of drug-likeness (QED) is 0.0557. The third-order valence-electron chi connectivity index (χ3n) is 10.8. The number of carbonyl (C=O) groups is 9. The third kappa shape index (κ3) is 17.6. The van der Waals surface area contributed by atoms with Crippen molar-refractivity contribution in [1.82, 2.24) is 35.8 Å². The van der Waals surface area contributed by atoms with Crippen LogP contribution in [0.3, 0.4) is 0 Å². The molecule has 1 aliphatic rings. The number of nitrogens with zero attached hydrogens (tertiary/aromatic N) is 2. The van der Waals surface area contributed by atoms with Crippen molar-refractivity contribution in [2.45, 2.75) is 127 Å².